The Morgan fingerprint density at radius 1 is 1.50 bits per heavy atom. The monoisotopic (exact) mass is 275 g/mol. The molecule has 2 heterocycles. The number of aryl methyl sites for hydroxylation is 1. The SMILES string of the molecule is Cc1cccc(CNC(=O)C(C)(C)C2CCCNC2)n1. The Bertz CT molecular complexity index is 465. The third-order valence-corrected chi connectivity index (χ3v) is 4.28. The summed E-state index contributed by atoms with van der Waals surface area (Å²) in [6.07, 6.45) is 2.27. The summed E-state index contributed by atoms with van der Waals surface area (Å²) in [4.78, 5) is 16.9. The molecule has 1 aliphatic rings. The maximum Gasteiger partial charge on any atom is 0.226 e. The topological polar surface area (TPSA) is 54.0 Å². The number of amides is 1. The van der Waals surface area contributed by atoms with E-state index in [0.29, 0.717) is 12.5 Å². The van der Waals surface area contributed by atoms with Crippen LogP contribution in [0.3, 0.4) is 0 Å². The maximum absolute atomic E-state index is 12.5. The fourth-order valence-electron chi connectivity index (χ4n) is 2.75. The normalized spacial score (nSPS) is 19.6. The molecule has 0 bridgehead atoms. The minimum atomic E-state index is -0.336. The number of rotatable bonds is 4. The van der Waals surface area contributed by atoms with Crippen LogP contribution in [0.4, 0.5) is 0 Å². The van der Waals surface area contributed by atoms with Crippen LogP contribution in [0.25, 0.3) is 0 Å². The Morgan fingerprint density at radius 3 is 2.95 bits per heavy atom. The number of pyridine rings is 1. The predicted molar refractivity (Wildman–Crippen MR) is 80.2 cm³/mol. The zero-order valence-corrected chi connectivity index (χ0v) is 12.7. The highest BCUT2D eigenvalue weighted by atomic mass is 16.2. The van der Waals surface area contributed by atoms with Crippen molar-refractivity contribution in [2.45, 2.75) is 40.2 Å². The molecule has 4 heteroatoms. The first-order valence-corrected chi connectivity index (χ1v) is 7.41. The Balaban J connectivity index is 1.93. The van der Waals surface area contributed by atoms with Crippen molar-refractivity contribution in [1.82, 2.24) is 15.6 Å². The molecule has 2 N–H and O–H groups in total. The van der Waals surface area contributed by atoms with Crippen LogP contribution in [-0.4, -0.2) is 24.0 Å². The number of aromatic nitrogens is 1. The van der Waals surface area contributed by atoms with E-state index in [-0.39, 0.29) is 11.3 Å². The van der Waals surface area contributed by atoms with E-state index in [2.05, 4.69) is 15.6 Å². The number of nitrogens with one attached hydrogen (secondary N) is 2. The highest BCUT2D eigenvalue weighted by Gasteiger charge is 2.36. The quantitative estimate of drug-likeness (QED) is 0.884. The lowest BCUT2D eigenvalue weighted by atomic mass is 9.74. The van der Waals surface area contributed by atoms with Crippen LogP contribution in [0.1, 0.15) is 38.1 Å². The molecule has 1 unspecified atom stereocenters. The second-order valence-corrected chi connectivity index (χ2v) is 6.22. The minimum Gasteiger partial charge on any atom is -0.350 e. The van der Waals surface area contributed by atoms with Crippen molar-refractivity contribution in [2.75, 3.05) is 13.1 Å². The van der Waals surface area contributed by atoms with Crippen molar-refractivity contribution in [1.29, 1.82) is 0 Å². The van der Waals surface area contributed by atoms with Gasteiger partial charge in [0.05, 0.1) is 12.2 Å². The van der Waals surface area contributed by atoms with Crippen LogP contribution < -0.4 is 10.6 Å². The van der Waals surface area contributed by atoms with Crippen LogP contribution in [0.2, 0.25) is 0 Å². The second kappa shape index (κ2) is 6.35. The Kier molecular flexibility index (Phi) is 4.76. The molecule has 0 spiro atoms. The first-order valence-electron chi connectivity index (χ1n) is 7.41. The maximum atomic E-state index is 12.5. The smallest absolute Gasteiger partial charge is 0.226 e. The average Bonchev–Trinajstić information content (AvgIpc) is 2.45. The Labute approximate surface area is 121 Å². The number of hydrogen-bond donors (Lipinski definition) is 2. The highest BCUT2D eigenvalue weighted by molar-refractivity contribution is 5.82. The molecule has 0 saturated carbocycles. The summed E-state index contributed by atoms with van der Waals surface area (Å²) in [7, 11) is 0. The van der Waals surface area contributed by atoms with E-state index in [9.17, 15) is 4.79 Å². The van der Waals surface area contributed by atoms with E-state index in [1.807, 2.05) is 39.0 Å². The van der Waals surface area contributed by atoms with Crippen LogP contribution in [0, 0.1) is 18.3 Å². The summed E-state index contributed by atoms with van der Waals surface area (Å²) in [6, 6.07) is 5.88. The van der Waals surface area contributed by atoms with E-state index in [0.717, 1.165) is 37.3 Å². The molecule has 0 aromatic carbocycles. The van der Waals surface area contributed by atoms with Gasteiger partial charge in [0.15, 0.2) is 0 Å². The number of piperidine rings is 1. The molecule has 1 aliphatic heterocycles. The molecule has 4 nitrogen and oxygen atoms in total. The van der Waals surface area contributed by atoms with Gasteiger partial charge in [0.25, 0.3) is 0 Å². The molecule has 0 aliphatic carbocycles. The molecule has 1 saturated heterocycles. The number of hydrogen-bond acceptors (Lipinski definition) is 3. The van der Waals surface area contributed by atoms with Crippen LogP contribution in [0.5, 0.6) is 0 Å². The van der Waals surface area contributed by atoms with Gasteiger partial charge in [-0.25, -0.2) is 0 Å². The van der Waals surface area contributed by atoms with Crippen LogP contribution >= 0.6 is 0 Å². The summed E-state index contributed by atoms with van der Waals surface area (Å²) in [5.74, 6) is 0.524. The fraction of sp³-hybridized carbons (Fsp3) is 0.625. The summed E-state index contributed by atoms with van der Waals surface area (Å²) < 4.78 is 0. The Hall–Kier alpha value is -1.42. The predicted octanol–water partition coefficient (Wildman–Crippen LogP) is 2.03. The third kappa shape index (κ3) is 3.57. The summed E-state index contributed by atoms with van der Waals surface area (Å²) >= 11 is 0. The first kappa shape index (κ1) is 15.0. The zero-order valence-electron chi connectivity index (χ0n) is 12.7. The van der Waals surface area contributed by atoms with Crippen molar-refractivity contribution in [3.63, 3.8) is 0 Å². The van der Waals surface area contributed by atoms with Crippen molar-refractivity contribution in [3.8, 4) is 0 Å². The molecule has 1 aromatic heterocycles. The van der Waals surface area contributed by atoms with Crippen LogP contribution in [0.15, 0.2) is 18.2 Å². The van der Waals surface area contributed by atoms with Gasteiger partial charge < -0.3 is 10.6 Å². The zero-order chi connectivity index (χ0) is 14.6. The van der Waals surface area contributed by atoms with Gasteiger partial charge in [-0.05, 0) is 50.9 Å². The third-order valence-electron chi connectivity index (χ3n) is 4.28. The molecule has 110 valence electrons. The van der Waals surface area contributed by atoms with E-state index < -0.39 is 0 Å². The lowest BCUT2D eigenvalue weighted by Gasteiger charge is -2.36. The second-order valence-electron chi connectivity index (χ2n) is 6.22. The van der Waals surface area contributed by atoms with Gasteiger partial charge in [-0.1, -0.05) is 19.9 Å². The summed E-state index contributed by atoms with van der Waals surface area (Å²) in [5.41, 5.74) is 1.56. The molecule has 1 fully saturated rings. The van der Waals surface area contributed by atoms with E-state index >= 15 is 0 Å². The molecule has 1 atom stereocenters. The van der Waals surface area contributed by atoms with Gasteiger partial charge in [0.2, 0.25) is 5.91 Å². The first-order chi connectivity index (χ1) is 9.50. The number of carbonyl (C=O) groups excluding carboxylic acids is 1. The summed E-state index contributed by atoms with van der Waals surface area (Å²) in [5, 5.41) is 6.42. The van der Waals surface area contributed by atoms with Gasteiger partial charge in [-0.3, -0.25) is 9.78 Å². The molecule has 1 aromatic rings. The molecular formula is C16H25N3O. The molecular weight excluding hydrogens is 250 g/mol. The highest BCUT2D eigenvalue weighted by Crippen LogP contribution is 2.31. The largest absolute Gasteiger partial charge is 0.350 e. The molecule has 0 radical (unpaired) electrons. The molecule has 1 amide bonds. The van der Waals surface area contributed by atoms with E-state index in [1.54, 1.807) is 0 Å². The van der Waals surface area contributed by atoms with E-state index in [1.165, 1.54) is 0 Å². The van der Waals surface area contributed by atoms with Crippen molar-refractivity contribution in [3.05, 3.63) is 29.6 Å². The lowest BCUT2D eigenvalue weighted by molar-refractivity contribution is -0.132. The van der Waals surface area contributed by atoms with Gasteiger partial charge in [-0.2, -0.15) is 0 Å². The Morgan fingerprint density at radius 2 is 2.30 bits per heavy atom. The van der Waals surface area contributed by atoms with E-state index in [4.69, 9.17) is 0 Å². The van der Waals surface area contributed by atoms with Gasteiger partial charge in [0, 0.05) is 11.1 Å². The van der Waals surface area contributed by atoms with Crippen molar-refractivity contribution < 1.29 is 4.79 Å². The van der Waals surface area contributed by atoms with Crippen LogP contribution in [-0.2, 0) is 11.3 Å². The van der Waals surface area contributed by atoms with Gasteiger partial charge >= 0.3 is 0 Å². The van der Waals surface area contributed by atoms with Gasteiger partial charge in [-0.15, -0.1) is 0 Å². The van der Waals surface area contributed by atoms with Crippen molar-refractivity contribution >= 4 is 5.91 Å². The number of nitrogens with zero attached hydrogens (tertiary/aromatic N) is 1. The van der Waals surface area contributed by atoms with Gasteiger partial charge in [0.1, 0.15) is 0 Å². The molecule has 2 rings (SSSR count). The minimum absolute atomic E-state index is 0.120. The molecule has 20 heavy (non-hydrogen) atoms. The summed E-state index contributed by atoms with van der Waals surface area (Å²) in [6.45, 7) is 8.56. The fourth-order valence-corrected chi connectivity index (χ4v) is 2.75. The van der Waals surface area contributed by atoms with Crippen molar-refractivity contribution in [2.24, 2.45) is 11.3 Å². The number of carbonyl (C=O) groups is 1. The standard InChI is InChI=1S/C16H25N3O/c1-12-6-4-8-14(19-12)11-18-15(20)16(2,3)13-7-5-9-17-10-13/h4,6,8,13,17H,5,7,9-11H2,1-3H3,(H,18,20). The average molecular weight is 275 g/mol. The lowest BCUT2D eigenvalue weighted by Crippen LogP contribution is -2.47.